The molecule has 2 aromatic rings. The van der Waals surface area contributed by atoms with Gasteiger partial charge in [-0.2, -0.15) is 0 Å². The van der Waals surface area contributed by atoms with Crippen LogP contribution in [0.5, 0.6) is 0 Å². The number of rotatable bonds is 5. The zero-order valence-corrected chi connectivity index (χ0v) is 12.1. The zero-order chi connectivity index (χ0) is 13.8. The number of anilines is 1. The highest BCUT2D eigenvalue weighted by molar-refractivity contribution is 5.73. The van der Waals surface area contributed by atoms with E-state index in [4.69, 9.17) is 10.7 Å². The topological polar surface area (TPSA) is 43.8 Å². The van der Waals surface area contributed by atoms with Gasteiger partial charge in [-0.3, -0.25) is 0 Å². The molecule has 0 bridgehead atoms. The normalized spacial score (nSPS) is 10.9. The summed E-state index contributed by atoms with van der Waals surface area (Å²) in [6.07, 6.45) is 3.15. The molecule has 3 nitrogen and oxygen atoms in total. The minimum atomic E-state index is 0.805. The first-order valence-electron chi connectivity index (χ1n) is 7.09. The van der Waals surface area contributed by atoms with Crippen LogP contribution < -0.4 is 5.73 Å². The average Bonchev–Trinajstić information content (AvgIpc) is 2.69. The molecular formula is C16H23N3. The first-order valence-corrected chi connectivity index (χ1v) is 7.09. The maximum Gasteiger partial charge on any atom is 0.131 e. The van der Waals surface area contributed by atoms with Crippen molar-refractivity contribution < 1.29 is 0 Å². The first kappa shape index (κ1) is 13.7. The van der Waals surface area contributed by atoms with E-state index in [9.17, 15) is 0 Å². The Hall–Kier alpha value is -1.77. The highest BCUT2D eigenvalue weighted by atomic mass is 15.1. The summed E-state index contributed by atoms with van der Waals surface area (Å²) >= 11 is 0. The lowest BCUT2D eigenvalue weighted by atomic mass is 10.1. The molecule has 0 atom stereocenters. The molecule has 0 amide bonds. The molecule has 0 aliphatic rings. The molecule has 1 aromatic carbocycles. The van der Waals surface area contributed by atoms with Crippen LogP contribution in [-0.4, -0.2) is 9.55 Å². The van der Waals surface area contributed by atoms with Crippen molar-refractivity contribution in [2.75, 3.05) is 5.73 Å². The van der Waals surface area contributed by atoms with Gasteiger partial charge < -0.3 is 10.3 Å². The van der Waals surface area contributed by atoms with Crippen LogP contribution in [0.25, 0.3) is 11.3 Å². The fraction of sp³-hybridized carbons (Fsp3) is 0.438. The standard InChI is InChI=1S/C16H23N3/c1-4-8-14-18-15(16(17)19(14)11-5-2)13-10-7-6-9-12(13)3/h6-7,9-10H,4-5,8,11,17H2,1-3H3. The summed E-state index contributed by atoms with van der Waals surface area (Å²) in [5.41, 5.74) is 9.63. The predicted octanol–water partition coefficient (Wildman–Crippen LogP) is 3.80. The molecule has 0 saturated carbocycles. The fourth-order valence-corrected chi connectivity index (χ4v) is 2.44. The number of hydrogen-bond acceptors (Lipinski definition) is 2. The molecule has 1 aromatic heterocycles. The van der Waals surface area contributed by atoms with Gasteiger partial charge in [0.2, 0.25) is 0 Å². The number of nitrogens with zero attached hydrogens (tertiary/aromatic N) is 2. The van der Waals surface area contributed by atoms with Gasteiger partial charge in [0, 0.05) is 18.5 Å². The van der Waals surface area contributed by atoms with E-state index in [0.29, 0.717) is 0 Å². The van der Waals surface area contributed by atoms with Gasteiger partial charge in [0.25, 0.3) is 0 Å². The predicted molar refractivity (Wildman–Crippen MR) is 81.1 cm³/mol. The van der Waals surface area contributed by atoms with Crippen molar-refractivity contribution in [3.63, 3.8) is 0 Å². The van der Waals surface area contributed by atoms with Gasteiger partial charge >= 0.3 is 0 Å². The van der Waals surface area contributed by atoms with Crippen LogP contribution in [0.15, 0.2) is 24.3 Å². The second-order valence-electron chi connectivity index (χ2n) is 4.98. The second-order valence-corrected chi connectivity index (χ2v) is 4.98. The summed E-state index contributed by atoms with van der Waals surface area (Å²) < 4.78 is 2.17. The molecule has 0 spiro atoms. The third-order valence-corrected chi connectivity index (χ3v) is 3.41. The molecule has 2 rings (SSSR count). The van der Waals surface area contributed by atoms with Gasteiger partial charge in [0.15, 0.2) is 0 Å². The number of aromatic nitrogens is 2. The van der Waals surface area contributed by atoms with Crippen LogP contribution in [0.4, 0.5) is 5.82 Å². The highest BCUT2D eigenvalue weighted by Crippen LogP contribution is 2.29. The molecule has 2 N–H and O–H groups in total. The van der Waals surface area contributed by atoms with Crippen molar-refractivity contribution in [2.45, 2.75) is 46.6 Å². The summed E-state index contributed by atoms with van der Waals surface area (Å²) in [5.74, 6) is 1.92. The number of imidazole rings is 1. The molecule has 1 heterocycles. The molecular weight excluding hydrogens is 234 g/mol. The molecule has 0 fully saturated rings. The van der Waals surface area contributed by atoms with E-state index in [2.05, 4.69) is 37.5 Å². The maximum absolute atomic E-state index is 6.32. The van der Waals surface area contributed by atoms with Crippen LogP contribution in [0.3, 0.4) is 0 Å². The van der Waals surface area contributed by atoms with Gasteiger partial charge in [-0.05, 0) is 25.3 Å². The lowest BCUT2D eigenvalue weighted by molar-refractivity contribution is 0.637. The highest BCUT2D eigenvalue weighted by Gasteiger charge is 2.16. The third kappa shape index (κ3) is 2.65. The van der Waals surface area contributed by atoms with Crippen molar-refractivity contribution in [1.82, 2.24) is 9.55 Å². The lowest BCUT2D eigenvalue weighted by Crippen LogP contribution is -2.06. The SMILES string of the molecule is CCCc1nc(-c2ccccc2C)c(N)n1CCC. The Morgan fingerprint density at radius 1 is 1.16 bits per heavy atom. The van der Waals surface area contributed by atoms with Crippen LogP contribution in [0.2, 0.25) is 0 Å². The number of aryl methyl sites for hydroxylation is 2. The number of hydrogen-bond donors (Lipinski definition) is 1. The Kier molecular flexibility index (Phi) is 4.25. The van der Waals surface area contributed by atoms with E-state index in [1.165, 1.54) is 5.56 Å². The Labute approximate surface area is 115 Å². The summed E-state index contributed by atoms with van der Waals surface area (Å²) in [4.78, 5) is 4.79. The summed E-state index contributed by atoms with van der Waals surface area (Å²) in [6.45, 7) is 7.39. The van der Waals surface area contributed by atoms with Gasteiger partial charge in [-0.15, -0.1) is 0 Å². The van der Waals surface area contributed by atoms with E-state index in [0.717, 1.165) is 48.7 Å². The molecule has 19 heavy (non-hydrogen) atoms. The maximum atomic E-state index is 6.32. The smallest absolute Gasteiger partial charge is 0.131 e. The Balaban J connectivity index is 2.52. The average molecular weight is 257 g/mol. The van der Waals surface area contributed by atoms with Crippen LogP contribution in [0.1, 0.15) is 38.1 Å². The van der Waals surface area contributed by atoms with E-state index < -0.39 is 0 Å². The Bertz CT molecular complexity index is 555. The largest absolute Gasteiger partial charge is 0.383 e. The van der Waals surface area contributed by atoms with Crippen LogP contribution >= 0.6 is 0 Å². The van der Waals surface area contributed by atoms with Crippen LogP contribution in [-0.2, 0) is 13.0 Å². The molecule has 102 valence electrons. The Morgan fingerprint density at radius 2 is 1.89 bits per heavy atom. The number of nitrogen functional groups attached to an aromatic ring is 1. The first-order chi connectivity index (χ1) is 9.19. The van der Waals surface area contributed by atoms with Crippen LogP contribution in [0, 0.1) is 6.92 Å². The fourth-order valence-electron chi connectivity index (χ4n) is 2.44. The van der Waals surface area contributed by atoms with Gasteiger partial charge in [-0.1, -0.05) is 38.1 Å². The van der Waals surface area contributed by atoms with E-state index in [1.807, 2.05) is 12.1 Å². The third-order valence-electron chi connectivity index (χ3n) is 3.41. The van der Waals surface area contributed by atoms with Crippen molar-refractivity contribution in [2.24, 2.45) is 0 Å². The molecule has 0 unspecified atom stereocenters. The van der Waals surface area contributed by atoms with Gasteiger partial charge in [0.05, 0.1) is 0 Å². The zero-order valence-electron chi connectivity index (χ0n) is 12.1. The second kappa shape index (κ2) is 5.91. The summed E-state index contributed by atoms with van der Waals surface area (Å²) in [5, 5.41) is 0. The Morgan fingerprint density at radius 3 is 2.53 bits per heavy atom. The summed E-state index contributed by atoms with van der Waals surface area (Å²) in [7, 11) is 0. The summed E-state index contributed by atoms with van der Waals surface area (Å²) in [6, 6.07) is 8.29. The molecule has 3 heteroatoms. The number of nitrogens with two attached hydrogens (primary N) is 1. The van der Waals surface area contributed by atoms with Crippen molar-refractivity contribution >= 4 is 5.82 Å². The van der Waals surface area contributed by atoms with Crippen molar-refractivity contribution in [3.05, 3.63) is 35.7 Å². The minimum absolute atomic E-state index is 0.805. The van der Waals surface area contributed by atoms with Crippen molar-refractivity contribution in [1.29, 1.82) is 0 Å². The van der Waals surface area contributed by atoms with E-state index in [1.54, 1.807) is 0 Å². The molecule has 0 aliphatic carbocycles. The quantitative estimate of drug-likeness (QED) is 0.885. The lowest BCUT2D eigenvalue weighted by Gasteiger charge is -2.08. The van der Waals surface area contributed by atoms with E-state index in [-0.39, 0.29) is 0 Å². The molecule has 0 saturated heterocycles. The molecule has 0 aliphatic heterocycles. The molecule has 0 radical (unpaired) electrons. The van der Waals surface area contributed by atoms with Gasteiger partial charge in [-0.25, -0.2) is 4.98 Å². The van der Waals surface area contributed by atoms with Crippen molar-refractivity contribution in [3.8, 4) is 11.3 Å². The monoisotopic (exact) mass is 257 g/mol. The van der Waals surface area contributed by atoms with Gasteiger partial charge in [0.1, 0.15) is 17.3 Å². The number of benzene rings is 1. The minimum Gasteiger partial charge on any atom is -0.383 e. The van der Waals surface area contributed by atoms with E-state index >= 15 is 0 Å².